The number of hydrogen-bond acceptors (Lipinski definition) is 4. The number of carboxylic acid groups (broad SMARTS) is 1. The van der Waals surface area contributed by atoms with Crippen molar-refractivity contribution < 1.29 is 19.2 Å². The number of benzene rings is 1. The quantitative estimate of drug-likeness (QED) is 0.679. The molecule has 0 amide bonds. The van der Waals surface area contributed by atoms with Crippen LogP contribution in [-0.2, 0) is 4.79 Å². The molecule has 0 radical (unpaired) electrons. The standard InChI is InChI=1S/C13H15FN2O4/c1-8-5-10(11(16(19)20)6-9(8)14)15-4-3-13(2,7-15)12(17)18/h5-6H,3-4,7H2,1-2H3,(H,17,18). The third kappa shape index (κ3) is 2.31. The summed E-state index contributed by atoms with van der Waals surface area (Å²) in [5, 5.41) is 20.2. The van der Waals surface area contributed by atoms with Gasteiger partial charge < -0.3 is 10.0 Å². The Bertz CT molecular complexity index is 590. The van der Waals surface area contributed by atoms with Gasteiger partial charge >= 0.3 is 5.97 Å². The summed E-state index contributed by atoms with van der Waals surface area (Å²) in [5.74, 6) is -1.57. The predicted octanol–water partition coefficient (Wildman–Crippen LogP) is 2.34. The summed E-state index contributed by atoms with van der Waals surface area (Å²) in [7, 11) is 0. The van der Waals surface area contributed by atoms with E-state index in [4.69, 9.17) is 0 Å². The first kappa shape index (κ1) is 14.2. The summed E-state index contributed by atoms with van der Waals surface area (Å²) in [6.07, 6.45) is 0.399. The molecule has 0 aliphatic carbocycles. The number of nitrogens with zero attached hydrogens (tertiary/aromatic N) is 2. The van der Waals surface area contributed by atoms with Crippen LogP contribution in [0.2, 0.25) is 0 Å². The Morgan fingerprint density at radius 2 is 2.20 bits per heavy atom. The summed E-state index contributed by atoms with van der Waals surface area (Å²) in [6, 6.07) is 2.29. The van der Waals surface area contributed by atoms with Gasteiger partial charge in [-0.1, -0.05) is 0 Å². The third-order valence-electron chi connectivity index (χ3n) is 3.78. The maximum atomic E-state index is 13.5. The zero-order chi connectivity index (χ0) is 15.1. The van der Waals surface area contributed by atoms with Gasteiger partial charge in [-0.15, -0.1) is 0 Å². The minimum absolute atomic E-state index is 0.175. The first-order valence-corrected chi connectivity index (χ1v) is 6.17. The average Bonchev–Trinajstić information content (AvgIpc) is 2.76. The van der Waals surface area contributed by atoms with Crippen LogP contribution in [0.25, 0.3) is 0 Å². The Balaban J connectivity index is 2.42. The molecule has 0 spiro atoms. The van der Waals surface area contributed by atoms with Crippen molar-refractivity contribution in [3.63, 3.8) is 0 Å². The number of carbonyl (C=O) groups is 1. The van der Waals surface area contributed by atoms with E-state index in [2.05, 4.69) is 0 Å². The second kappa shape index (κ2) is 4.73. The highest BCUT2D eigenvalue weighted by molar-refractivity contribution is 5.77. The first-order chi connectivity index (χ1) is 9.24. The highest BCUT2D eigenvalue weighted by atomic mass is 19.1. The van der Waals surface area contributed by atoms with Crippen LogP contribution in [0.4, 0.5) is 15.8 Å². The van der Waals surface area contributed by atoms with Gasteiger partial charge in [-0.3, -0.25) is 14.9 Å². The minimum atomic E-state index is -0.934. The Hall–Kier alpha value is -2.18. The lowest BCUT2D eigenvalue weighted by Gasteiger charge is -2.22. The van der Waals surface area contributed by atoms with Crippen LogP contribution in [0.1, 0.15) is 18.9 Å². The molecule has 1 aliphatic heterocycles. The fourth-order valence-electron chi connectivity index (χ4n) is 2.40. The summed E-state index contributed by atoms with van der Waals surface area (Å²) in [6.45, 7) is 3.70. The van der Waals surface area contributed by atoms with Crippen LogP contribution in [0.5, 0.6) is 0 Å². The maximum absolute atomic E-state index is 13.5. The Morgan fingerprint density at radius 3 is 2.70 bits per heavy atom. The molecule has 1 fully saturated rings. The predicted molar refractivity (Wildman–Crippen MR) is 70.4 cm³/mol. The van der Waals surface area contributed by atoms with Crippen LogP contribution in [-0.4, -0.2) is 29.1 Å². The molecule has 1 heterocycles. The van der Waals surface area contributed by atoms with E-state index in [9.17, 15) is 24.4 Å². The summed E-state index contributed by atoms with van der Waals surface area (Å²) in [4.78, 5) is 23.2. The molecular weight excluding hydrogens is 267 g/mol. The van der Waals surface area contributed by atoms with Crippen LogP contribution in [0, 0.1) is 28.3 Å². The number of aryl methyl sites for hydroxylation is 1. The van der Waals surface area contributed by atoms with E-state index >= 15 is 0 Å². The fourth-order valence-corrected chi connectivity index (χ4v) is 2.40. The highest BCUT2D eigenvalue weighted by Crippen LogP contribution is 2.38. The van der Waals surface area contributed by atoms with E-state index in [-0.39, 0.29) is 17.9 Å². The number of nitro groups is 1. The van der Waals surface area contributed by atoms with Crippen molar-refractivity contribution in [1.29, 1.82) is 0 Å². The second-order valence-electron chi connectivity index (χ2n) is 5.38. The van der Waals surface area contributed by atoms with E-state index in [1.807, 2.05) is 0 Å². The zero-order valence-electron chi connectivity index (χ0n) is 11.2. The number of rotatable bonds is 3. The van der Waals surface area contributed by atoms with Gasteiger partial charge in [-0.05, 0) is 31.9 Å². The number of nitro benzene ring substituents is 1. The molecular formula is C13H15FN2O4. The Morgan fingerprint density at radius 1 is 1.55 bits per heavy atom. The number of carboxylic acids is 1. The third-order valence-corrected chi connectivity index (χ3v) is 3.78. The second-order valence-corrected chi connectivity index (χ2v) is 5.38. The van der Waals surface area contributed by atoms with Gasteiger partial charge in [0, 0.05) is 13.1 Å². The molecule has 1 aromatic carbocycles. The summed E-state index contributed by atoms with van der Waals surface area (Å²) in [5.41, 5.74) is -0.688. The lowest BCUT2D eigenvalue weighted by Crippen LogP contribution is -2.32. The monoisotopic (exact) mass is 282 g/mol. The number of halogens is 1. The molecule has 108 valence electrons. The van der Waals surface area contributed by atoms with E-state index in [1.165, 1.54) is 13.0 Å². The van der Waals surface area contributed by atoms with Gasteiger partial charge in [-0.25, -0.2) is 4.39 Å². The van der Waals surface area contributed by atoms with Crippen LogP contribution in [0.15, 0.2) is 12.1 Å². The van der Waals surface area contributed by atoms with Gasteiger partial charge in [-0.2, -0.15) is 0 Å². The average molecular weight is 282 g/mol. The smallest absolute Gasteiger partial charge is 0.311 e. The van der Waals surface area contributed by atoms with Gasteiger partial charge in [0.15, 0.2) is 0 Å². The van der Waals surface area contributed by atoms with Crippen molar-refractivity contribution in [1.82, 2.24) is 0 Å². The molecule has 0 saturated carbocycles. The van der Waals surface area contributed by atoms with E-state index in [0.717, 1.165) is 6.07 Å². The van der Waals surface area contributed by atoms with Crippen LogP contribution < -0.4 is 4.90 Å². The van der Waals surface area contributed by atoms with Gasteiger partial charge in [0.2, 0.25) is 0 Å². The molecule has 0 bridgehead atoms. The van der Waals surface area contributed by atoms with Gasteiger partial charge in [0.25, 0.3) is 5.69 Å². The van der Waals surface area contributed by atoms with E-state index in [0.29, 0.717) is 18.5 Å². The SMILES string of the molecule is Cc1cc(N2CCC(C)(C(=O)O)C2)c([N+](=O)[O-])cc1F. The molecule has 7 heteroatoms. The molecule has 1 aliphatic rings. The minimum Gasteiger partial charge on any atom is -0.481 e. The molecule has 1 atom stereocenters. The molecule has 1 unspecified atom stereocenters. The molecule has 6 nitrogen and oxygen atoms in total. The van der Waals surface area contributed by atoms with Crippen LogP contribution in [0.3, 0.4) is 0 Å². The van der Waals surface area contributed by atoms with Crippen molar-refractivity contribution in [2.75, 3.05) is 18.0 Å². The summed E-state index contributed by atoms with van der Waals surface area (Å²) >= 11 is 0. The van der Waals surface area contributed by atoms with Crippen molar-refractivity contribution in [2.45, 2.75) is 20.3 Å². The van der Waals surface area contributed by atoms with E-state index < -0.39 is 22.1 Å². The molecule has 1 saturated heterocycles. The zero-order valence-corrected chi connectivity index (χ0v) is 11.2. The topological polar surface area (TPSA) is 83.7 Å². The summed E-state index contributed by atoms with van der Waals surface area (Å²) < 4.78 is 13.5. The lowest BCUT2D eigenvalue weighted by atomic mass is 9.90. The molecule has 0 aromatic heterocycles. The number of anilines is 1. The van der Waals surface area contributed by atoms with Crippen molar-refractivity contribution in [2.24, 2.45) is 5.41 Å². The molecule has 1 aromatic rings. The number of aliphatic carboxylic acids is 1. The highest BCUT2D eigenvalue weighted by Gasteiger charge is 2.42. The lowest BCUT2D eigenvalue weighted by molar-refractivity contribution is -0.384. The molecule has 1 N–H and O–H groups in total. The van der Waals surface area contributed by atoms with Crippen molar-refractivity contribution in [3.8, 4) is 0 Å². The Kier molecular flexibility index (Phi) is 3.37. The van der Waals surface area contributed by atoms with E-state index in [1.54, 1.807) is 11.8 Å². The molecule has 2 rings (SSSR count). The van der Waals surface area contributed by atoms with Crippen molar-refractivity contribution in [3.05, 3.63) is 33.6 Å². The largest absolute Gasteiger partial charge is 0.481 e. The molecule has 20 heavy (non-hydrogen) atoms. The van der Waals surface area contributed by atoms with Gasteiger partial charge in [0.1, 0.15) is 11.5 Å². The first-order valence-electron chi connectivity index (χ1n) is 6.17. The number of hydrogen-bond donors (Lipinski definition) is 1. The van der Waals surface area contributed by atoms with Crippen molar-refractivity contribution >= 4 is 17.3 Å². The Labute approximate surface area is 115 Å². The van der Waals surface area contributed by atoms with Crippen LogP contribution >= 0.6 is 0 Å². The maximum Gasteiger partial charge on any atom is 0.311 e. The van der Waals surface area contributed by atoms with Gasteiger partial charge in [0.05, 0.1) is 16.4 Å². The fraction of sp³-hybridized carbons (Fsp3) is 0.462. The normalized spacial score (nSPS) is 22.1.